The van der Waals surface area contributed by atoms with Gasteiger partial charge in [-0.15, -0.1) is 0 Å². The summed E-state index contributed by atoms with van der Waals surface area (Å²) >= 11 is 0. The highest BCUT2D eigenvalue weighted by molar-refractivity contribution is 6.08. The third kappa shape index (κ3) is 3.91. The summed E-state index contributed by atoms with van der Waals surface area (Å²) in [6.45, 7) is 1.48. The number of anilines is 1. The minimum Gasteiger partial charge on any atom is -0.495 e. The molecule has 1 amide bonds. The standard InChI is InChI=1S/C24H18N2O5/c1-14(30-24(28)16-9-7-15(13-25)8-10-16)23(27)26-19-12-21-18(11-22(19)29-2)17-5-3-4-6-20(17)31-21/h3-12,14H,1-2H3,(H,26,27). The largest absolute Gasteiger partial charge is 0.495 e. The van der Waals surface area contributed by atoms with Crippen molar-refractivity contribution in [2.24, 2.45) is 0 Å². The lowest BCUT2D eigenvalue weighted by atomic mass is 10.1. The van der Waals surface area contributed by atoms with Crippen molar-refractivity contribution in [1.82, 2.24) is 0 Å². The number of hydrogen-bond donors (Lipinski definition) is 1. The van der Waals surface area contributed by atoms with Crippen LogP contribution >= 0.6 is 0 Å². The lowest BCUT2D eigenvalue weighted by molar-refractivity contribution is -0.123. The van der Waals surface area contributed by atoms with Gasteiger partial charge in [0.15, 0.2) is 6.10 Å². The first kappa shape index (κ1) is 20.0. The summed E-state index contributed by atoms with van der Waals surface area (Å²) < 4.78 is 16.5. The third-order valence-electron chi connectivity index (χ3n) is 4.86. The fourth-order valence-corrected chi connectivity index (χ4v) is 3.22. The van der Waals surface area contributed by atoms with Crippen molar-refractivity contribution < 1.29 is 23.5 Å². The molecule has 7 nitrogen and oxygen atoms in total. The van der Waals surface area contributed by atoms with E-state index in [4.69, 9.17) is 19.2 Å². The van der Waals surface area contributed by atoms with Crippen LogP contribution in [0.15, 0.2) is 65.1 Å². The zero-order valence-electron chi connectivity index (χ0n) is 16.8. The molecule has 1 N–H and O–H groups in total. The number of benzene rings is 3. The van der Waals surface area contributed by atoms with E-state index in [2.05, 4.69) is 5.32 Å². The molecule has 0 bridgehead atoms. The van der Waals surface area contributed by atoms with Gasteiger partial charge in [0.2, 0.25) is 0 Å². The maximum Gasteiger partial charge on any atom is 0.338 e. The topological polar surface area (TPSA) is 102 Å². The molecular weight excluding hydrogens is 396 g/mol. The summed E-state index contributed by atoms with van der Waals surface area (Å²) in [6, 6.07) is 19.0. The van der Waals surface area contributed by atoms with Crippen LogP contribution < -0.4 is 10.1 Å². The molecule has 0 fully saturated rings. The van der Waals surface area contributed by atoms with Gasteiger partial charge in [0.25, 0.3) is 5.91 Å². The predicted octanol–water partition coefficient (Wildman–Crippen LogP) is 4.65. The second-order valence-corrected chi connectivity index (χ2v) is 6.87. The number of hydrogen-bond acceptors (Lipinski definition) is 6. The smallest absolute Gasteiger partial charge is 0.338 e. The molecule has 0 aliphatic rings. The highest BCUT2D eigenvalue weighted by atomic mass is 16.5. The Morgan fingerprint density at radius 1 is 1.03 bits per heavy atom. The summed E-state index contributed by atoms with van der Waals surface area (Å²) in [4.78, 5) is 24.9. The minimum atomic E-state index is -1.06. The van der Waals surface area contributed by atoms with E-state index in [-0.39, 0.29) is 5.56 Å². The summed E-state index contributed by atoms with van der Waals surface area (Å²) in [7, 11) is 1.51. The molecule has 1 atom stereocenters. The van der Waals surface area contributed by atoms with E-state index in [1.165, 1.54) is 38.3 Å². The number of ether oxygens (including phenoxy) is 2. The van der Waals surface area contributed by atoms with E-state index in [0.717, 1.165) is 16.4 Å². The van der Waals surface area contributed by atoms with Crippen molar-refractivity contribution in [1.29, 1.82) is 5.26 Å². The van der Waals surface area contributed by atoms with Crippen LogP contribution in [0.5, 0.6) is 5.75 Å². The molecule has 0 radical (unpaired) electrons. The molecule has 0 aliphatic heterocycles. The maximum absolute atomic E-state index is 12.6. The third-order valence-corrected chi connectivity index (χ3v) is 4.86. The number of para-hydroxylation sites is 1. The lowest BCUT2D eigenvalue weighted by Gasteiger charge is -2.15. The van der Waals surface area contributed by atoms with Crippen LogP contribution in [0.2, 0.25) is 0 Å². The molecule has 0 spiro atoms. The van der Waals surface area contributed by atoms with Crippen LogP contribution in [0.25, 0.3) is 21.9 Å². The van der Waals surface area contributed by atoms with Crippen LogP contribution in [-0.2, 0) is 9.53 Å². The van der Waals surface area contributed by atoms with Gasteiger partial charge in [-0.25, -0.2) is 4.79 Å². The Morgan fingerprint density at radius 2 is 1.77 bits per heavy atom. The first-order valence-corrected chi connectivity index (χ1v) is 9.51. The van der Waals surface area contributed by atoms with E-state index in [0.29, 0.717) is 22.6 Å². The average Bonchev–Trinajstić information content (AvgIpc) is 3.15. The highest BCUT2D eigenvalue weighted by Crippen LogP contribution is 2.36. The Bertz CT molecular complexity index is 1330. The first-order valence-electron chi connectivity index (χ1n) is 9.51. The second-order valence-electron chi connectivity index (χ2n) is 6.87. The number of methoxy groups -OCH3 is 1. The summed E-state index contributed by atoms with van der Waals surface area (Å²) in [5.41, 5.74) is 2.41. The van der Waals surface area contributed by atoms with Crippen LogP contribution in [0.4, 0.5) is 5.69 Å². The van der Waals surface area contributed by atoms with E-state index in [1.54, 1.807) is 12.1 Å². The van der Waals surface area contributed by atoms with Gasteiger partial charge < -0.3 is 19.2 Å². The summed E-state index contributed by atoms with van der Waals surface area (Å²) in [6.07, 6.45) is -1.06. The Labute approximate surface area is 177 Å². The molecule has 4 rings (SSSR count). The average molecular weight is 414 g/mol. The number of rotatable bonds is 5. The van der Waals surface area contributed by atoms with Gasteiger partial charge in [-0.3, -0.25) is 4.79 Å². The van der Waals surface area contributed by atoms with Crippen molar-refractivity contribution >= 4 is 39.5 Å². The number of nitrogens with zero attached hydrogens (tertiary/aromatic N) is 1. The van der Waals surface area contributed by atoms with Crippen molar-refractivity contribution in [2.45, 2.75) is 13.0 Å². The lowest BCUT2D eigenvalue weighted by Crippen LogP contribution is -2.30. The van der Waals surface area contributed by atoms with Crippen molar-refractivity contribution in [3.63, 3.8) is 0 Å². The van der Waals surface area contributed by atoms with Gasteiger partial charge in [-0.2, -0.15) is 5.26 Å². The number of esters is 1. The Hall–Kier alpha value is -4.31. The fourth-order valence-electron chi connectivity index (χ4n) is 3.22. The molecule has 1 heterocycles. The molecular formula is C24H18N2O5. The molecule has 0 saturated heterocycles. The molecule has 4 aromatic rings. The Balaban J connectivity index is 1.53. The van der Waals surface area contributed by atoms with Crippen molar-refractivity contribution in [3.8, 4) is 11.8 Å². The maximum atomic E-state index is 12.6. The van der Waals surface area contributed by atoms with Crippen LogP contribution in [0, 0.1) is 11.3 Å². The Morgan fingerprint density at radius 3 is 2.48 bits per heavy atom. The van der Waals surface area contributed by atoms with E-state index < -0.39 is 18.0 Å². The van der Waals surface area contributed by atoms with Gasteiger partial charge in [0, 0.05) is 16.8 Å². The molecule has 0 saturated carbocycles. The predicted molar refractivity (Wildman–Crippen MR) is 115 cm³/mol. The highest BCUT2D eigenvalue weighted by Gasteiger charge is 2.21. The van der Waals surface area contributed by atoms with E-state index >= 15 is 0 Å². The zero-order valence-corrected chi connectivity index (χ0v) is 16.8. The molecule has 3 aromatic carbocycles. The molecule has 1 aromatic heterocycles. The monoisotopic (exact) mass is 414 g/mol. The molecule has 1 unspecified atom stereocenters. The van der Waals surface area contributed by atoms with Gasteiger partial charge in [0.1, 0.15) is 16.9 Å². The number of nitriles is 1. The summed E-state index contributed by atoms with van der Waals surface area (Å²) in [5.74, 6) is -0.722. The molecule has 0 aliphatic carbocycles. The van der Waals surface area contributed by atoms with Crippen molar-refractivity contribution in [3.05, 3.63) is 71.8 Å². The van der Waals surface area contributed by atoms with Gasteiger partial charge in [-0.05, 0) is 43.3 Å². The number of fused-ring (bicyclic) bond motifs is 3. The Kier molecular flexibility index (Phi) is 5.29. The molecule has 7 heteroatoms. The van der Waals surface area contributed by atoms with E-state index in [9.17, 15) is 9.59 Å². The minimum absolute atomic E-state index is 0.250. The number of nitrogens with one attached hydrogen (secondary N) is 1. The van der Waals surface area contributed by atoms with Gasteiger partial charge in [-0.1, -0.05) is 18.2 Å². The van der Waals surface area contributed by atoms with Crippen LogP contribution in [-0.4, -0.2) is 25.1 Å². The number of carbonyl (C=O) groups is 2. The normalized spacial score (nSPS) is 11.6. The SMILES string of the molecule is COc1cc2c(cc1NC(=O)C(C)OC(=O)c1ccc(C#N)cc1)oc1ccccc12. The fraction of sp³-hybridized carbons (Fsp3) is 0.125. The van der Waals surface area contributed by atoms with Crippen LogP contribution in [0.1, 0.15) is 22.8 Å². The zero-order chi connectivity index (χ0) is 22.0. The van der Waals surface area contributed by atoms with Gasteiger partial charge in [0.05, 0.1) is 30.0 Å². The van der Waals surface area contributed by atoms with Crippen molar-refractivity contribution in [2.75, 3.05) is 12.4 Å². The second kappa shape index (κ2) is 8.20. The quantitative estimate of drug-likeness (QED) is 0.477. The number of carbonyl (C=O) groups excluding carboxylic acids is 2. The number of furan rings is 1. The number of amides is 1. The summed E-state index contributed by atoms with van der Waals surface area (Å²) in [5, 5.41) is 13.4. The van der Waals surface area contributed by atoms with E-state index in [1.807, 2.05) is 30.3 Å². The molecule has 31 heavy (non-hydrogen) atoms. The van der Waals surface area contributed by atoms with Crippen LogP contribution in [0.3, 0.4) is 0 Å². The molecule has 154 valence electrons. The van der Waals surface area contributed by atoms with Gasteiger partial charge >= 0.3 is 5.97 Å². The first-order chi connectivity index (χ1) is 15.0.